The Balaban J connectivity index is 1.56. The van der Waals surface area contributed by atoms with Crippen molar-refractivity contribution in [3.8, 4) is 0 Å². The van der Waals surface area contributed by atoms with Crippen molar-refractivity contribution in [2.24, 2.45) is 5.92 Å². The molecule has 0 atom stereocenters. The zero-order chi connectivity index (χ0) is 19.4. The van der Waals surface area contributed by atoms with Crippen LogP contribution in [-0.4, -0.2) is 31.7 Å². The summed E-state index contributed by atoms with van der Waals surface area (Å²) in [6, 6.07) is 10.9. The Bertz CT molecular complexity index is 909. The summed E-state index contributed by atoms with van der Waals surface area (Å²) in [6.45, 7) is 0.509. The maximum Gasteiger partial charge on any atom is 0.243 e. The van der Waals surface area contributed by atoms with E-state index in [0.29, 0.717) is 18.4 Å². The normalized spacial score (nSPS) is 16.2. The fraction of sp³-hybridized carbons (Fsp3) is 0.316. The lowest BCUT2D eigenvalue weighted by molar-refractivity contribution is -0.126. The molecule has 1 aliphatic rings. The van der Waals surface area contributed by atoms with Crippen molar-refractivity contribution in [1.29, 1.82) is 0 Å². The van der Waals surface area contributed by atoms with E-state index >= 15 is 0 Å². The minimum Gasteiger partial charge on any atom is -0.352 e. The van der Waals surface area contributed by atoms with Gasteiger partial charge in [-0.3, -0.25) is 4.79 Å². The number of hydrogen-bond acceptors (Lipinski definition) is 3. The van der Waals surface area contributed by atoms with Gasteiger partial charge in [-0.25, -0.2) is 17.2 Å². The predicted octanol–water partition coefficient (Wildman–Crippen LogP) is 2.68. The van der Waals surface area contributed by atoms with E-state index in [4.69, 9.17) is 0 Å². The van der Waals surface area contributed by atoms with Gasteiger partial charge in [0.1, 0.15) is 11.6 Å². The average Bonchev–Trinajstić information content (AvgIpc) is 2.67. The third-order valence-corrected chi connectivity index (χ3v) is 6.60. The second-order valence-corrected chi connectivity index (χ2v) is 8.38. The summed E-state index contributed by atoms with van der Waals surface area (Å²) in [7, 11) is -3.70. The van der Waals surface area contributed by atoms with E-state index in [2.05, 4.69) is 5.32 Å². The first-order chi connectivity index (χ1) is 12.9. The van der Waals surface area contributed by atoms with Gasteiger partial charge in [0.15, 0.2) is 0 Å². The largest absolute Gasteiger partial charge is 0.352 e. The first kappa shape index (κ1) is 19.4. The van der Waals surface area contributed by atoms with Gasteiger partial charge in [0.25, 0.3) is 0 Å². The summed E-state index contributed by atoms with van der Waals surface area (Å²) in [5, 5.41) is 2.71. The van der Waals surface area contributed by atoms with Crippen molar-refractivity contribution < 1.29 is 22.0 Å². The molecule has 1 heterocycles. The van der Waals surface area contributed by atoms with E-state index in [1.807, 2.05) is 0 Å². The number of nitrogens with zero attached hydrogens (tertiary/aromatic N) is 1. The van der Waals surface area contributed by atoms with Gasteiger partial charge < -0.3 is 5.32 Å². The van der Waals surface area contributed by atoms with Crippen LogP contribution in [0.4, 0.5) is 8.78 Å². The van der Waals surface area contributed by atoms with Crippen LogP contribution in [0, 0.1) is 17.6 Å². The highest BCUT2D eigenvalue weighted by Crippen LogP contribution is 2.24. The van der Waals surface area contributed by atoms with Crippen molar-refractivity contribution in [3.63, 3.8) is 0 Å². The summed E-state index contributed by atoms with van der Waals surface area (Å²) in [5.74, 6) is -1.41. The molecule has 144 valence electrons. The molecule has 3 rings (SSSR count). The predicted molar refractivity (Wildman–Crippen MR) is 96.1 cm³/mol. The van der Waals surface area contributed by atoms with E-state index in [1.54, 1.807) is 18.2 Å². The summed E-state index contributed by atoms with van der Waals surface area (Å²) < 4.78 is 53.1. The molecule has 1 saturated heterocycles. The Morgan fingerprint density at radius 3 is 2.30 bits per heavy atom. The van der Waals surface area contributed by atoms with Crippen LogP contribution >= 0.6 is 0 Å². The zero-order valence-corrected chi connectivity index (χ0v) is 15.4. The van der Waals surface area contributed by atoms with E-state index in [1.165, 1.54) is 22.5 Å². The highest BCUT2D eigenvalue weighted by molar-refractivity contribution is 7.89. The Kier molecular flexibility index (Phi) is 5.86. The Morgan fingerprint density at radius 2 is 1.67 bits per heavy atom. The standard InChI is InChI=1S/C19H20F2N2O3S/c20-16-5-7-17(8-6-16)27(25,26)23-11-9-14(10-12-23)19(24)22-13-15-3-1-2-4-18(15)21/h1-8,14H,9-13H2,(H,22,24). The number of amides is 1. The third kappa shape index (κ3) is 4.51. The van der Waals surface area contributed by atoms with Gasteiger partial charge in [0.05, 0.1) is 4.90 Å². The molecule has 0 unspecified atom stereocenters. The molecular formula is C19H20F2N2O3S. The topological polar surface area (TPSA) is 66.5 Å². The first-order valence-corrected chi connectivity index (χ1v) is 10.1. The van der Waals surface area contributed by atoms with Crippen molar-refractivity contribution in [3.05, 3.63) is 65.7 Å². The zero-order valence-electron chi connectivity index (χ0n) is 14.6. The SMILES string of the molecule is O=C(NCc1ccccc1F)C1CCN(S(=O)(=O)c2ccc(F)cc2)CC1. The van der Waals surface area contributed by atoms with Gasteiger partial charge in [-0.05, 0) is 43.2 Å². The monoisotopic (exact) mass is 394 g/mol. The van der Waals surface area contributed by atoms with Crippen LogP contribution < -0.4 is 5.32 Å². The molecule has 0 aromatic heterocycles. The average molecular weight is 394 g/mol. The van der Waals surface area contributed by atoms with E-state index in [-0.39, 0.29) is 42.2 Å². The number of halogens is 2. The van der Waals surface area contributed by atoms with Gasteiger partial charge in [-0.1, -0.05) is 18.2 Å². The second-order valence-electron chi connectivity index (χ2n) is 6.44. The van der Waals surface area contributed by atoms with Crippen LogP contribution in [0.5, 0.6) is 0 Å². The number of sulfonamides is 1. The van der Waals surface area contributed by atoms with Crippen LogP contribution in [0.1, 0.15) is 18.4 Å². The van der Waals surface area contributed by atoms with E-state index in [0.717, 1.165) is 12.1 Å². The molecular weight excluding hydrogens is 374 g/mol. The third-order valence-electron chi connectivity index (χ3n) is 4.69. The lowest BCUT2D eigenvalue weighted by atomic mass is 9.97. The first-order valence-electron chi connectivity index (χ1n) is 8.65. The number of carbonyl (C=O) groups excluding carboxylic acids is 1. The molecule has 8 heteroatoms. The molecule has 1 fully saturated rings. The summed E-state index contributed by atoms with van der Waals surface area (Å²) >= 11 is 0. The van der Waals surface area contributed by atoms with Gasteiger partial charge in [0, 0.05) is 31.1 Å². The minimum atomic E-state index is -3.70. The van der Waals surface area contributed by atoms with E-state index in [9.17, 15) is 22.0 Å². The summed E-state index contributed by atoms with van der Waals surface area (Å²) in [4.78, 5) is 12.3. The number of nitrogens with one attached hydrogen (secondary N) is 1. The van der Waals surface area contributed by atoms with Crippen LogP contribution in [0.15, 0.2) is 53.4 Å². The van der Waals surface area contributed by atoms with Crippen molar-refractivity contribution in [2.45, 2.75) is 24.3 Å². The number of piperidine rings is 1. The second kappa shape index (κ2) is 8.14. The molecule has 2 aromatic rings. The molecule has 0 saturated carbocycles. The fourth-order valence-electron chi connectivity index (χ4n) is 3.08. The molecule has 0 radical (unpaired) electrons. The molecule has 0 aliphatic carbocycles. The lowest BCUT2D eigenvalue weighted by Gasteiger charge is -2.30. The van der Waals surface area contributed by atoms with Crippen molar-refractivity contribution in [1.82, 2.24) is 9.62 Å². The lowest BCUT2D eigenvalue weighted by Crippen LogP contribution is -2.42. The van der Waals surface area contributed by atoms with Gasteiger partial charge in [0.2, 0.25) is 15.9 Å². The van der Waals surface area contributed by atoms with Gasteiger partial charge in [-0.2, -0.15) is 4.31 Å². The van der Waals surface area contributed by atoms with Crippen LogP contribution in [-0.2, 0) is 21.4 Å². The maximum atomic E-state index is 13.6. The Hall–Kier alpha value is -2.32. The van der Waals surface area contributed by atoms with Crippen molar-refractivity contribution >= 4 is 15.9 Å². The van der Waals surface area contributed by atoms with Crippen LogP contribution in [0.25, 0.3) is 0 Å². The van der Waals surface area contributed by atoms with Crippen molar-refractivity contribution in [2.75, 3.05) is 13.1 Å². The quantitative estimate of drug-likeness (QED) is 0.848. The number of benzene rings is 2. The molecule has 1 amide bonds. The molecule has 0 spiro atoms. The highest BCUT2D eigenvalue weighted by Gasteiger charge is 2.32. The fourth-order valence-corrected chi connectivity index (χ4v) is 4.55. The molecule has 2 aromatic carbocycles. The Morgan fingerprint density at radius 1 is 1.04 bits per heavy atom. The van der Waals surface area contributed by atoms with Gasteiger partial charge in [-0.15, -0.1) is 0 Å². The molecule has 1 N–H and O–H groups in total. The number of carbonyl (C=O) groups is 1. The molecule has 5 nitrogen and oxygen atoms in total. The maximum absolute atomic E-state index is 13.6. The molecule has 27 heavy (non-hydrogen) atoms. The number of hydrogen-bond donors (Lipinski definition) is 1. The van der Waals surface area contributed by atoms with Gasteiger partial charge >= 0.3 is 0 Å². The highest BCUT2D eigenvalue weighted by atomic mass is 32.2. The minimum absolute atomic E-state index is 0.0337. The van der Waals surface area contributed by atoms with E-state index < -0.39 is 15.8 Å². The number of rotatable bonds is 5. The van der Waals surface area contributed by atoms with Crippen LogP contribution in [0.3, 0.4) is 0 Å². The molecule has 0 bridgehead atoms. The summed E-state index contributed by atoms with van der Waals surface area (Å²) in [5.41, 5.74) is 0.405. The Labute approximate surface area is 157 Å². The summed E-state index contributed by atoms with van der Waals surface area (Å²) in [6.07, 6.45) is 0.757. The smallest absolute Gasteiger partial charge is 0.243 e. The van der Waals surface area contributed by atoms with Crippen LogP contribution in [0.2, 0.25) is 0 Å². The molecule has 1 aliphatic heterocycles.